The van der Waals surface area contributed by atoms with Gasteiger partial charge in [0.15, 0.2) is 0 Å². The summed E-state index contributed by atoms with van der Waals surface area (Å²) in [6, 6.07) is 6.45. The van der Waals surface area contributed by atoms with Crippen LogP contribution in [-0.2, 0) is 0 Å². The molecule has 0 radical (unpaired) electrons. The van der Waals surface area contributed by atoms with Crippen molar-refractivity contribution in [3.05, 3.63) is 94.6 Å². The summed E-state index contributed by atoms with van der Waals surface area (Å²) in [4.78, 5) is 0. The Bertz CT molecular complexity index is 1020. The Kier molecular flexibility index (Phi) is 12.3. The average Bonchev–Trinajstić information content (AvgIpc) is 2.77. The molecule has 0 bridgehead atoms. The van der Waals surface area contributed by atoms with E-state index in [-0.39, 0.29) is 6.67 Å². The maximum absolute atomic E-state index is 12.2. The minimum Gasteiger partial charge on any atom is -0.251 e. The molecule has 32 heavy (non-hydrogen) atoms. The summed E-state index contributed by atoms with van der Waals surface area (Å²) >= 11 is 0. The zero-order chi connectivity index (χ0) is 23.9. The molecule has 1 heteroatoms. The molecular weight excluding hydrogens is 391 g/mol. The first-order chi connectivity index (χ1) is 15.4. The molecule has 0 atom stereocenters. The zero-order valence-electron chi connectivity index (χ0n) is 20.0. The predicted molar refractivity (Wildman–Crippen MR) is 141 cm³/mol. The second-order valence-corrected chi connectivity index (χ2v) is 7.82. The average molecular weight is 427 g/mol. The van der Waals surface area contributed by atoms with Crippen LogP contribution in [0, 0.1) is 31.6 Å². The highest BCUT2D eigenvalue weighted by molar-refractivity contribution is 5.74. The molecule has 0 heterocycles. The highest BCUT2D eigenvalue weighted by Crippen LogP contribution is 2.27. The second-order valence-electron chi connectivity index (χ2n) is 7.82. The summed E-state index contributed by atoms with van der Waals surface area (Å²) in [6.45, 7) is 12.2. The molecule has 1 rings (SSSR count). The van der Waals surface area contributed by atoms with Crippen LogP contribution in [0.4, 0.5) is 4.39 Å². The van der Waals surface area contributed by atoms with Crippen molar-refractivity contribution >= 4 is 11.1 Å². The van der Waals surface area contributed by atoms with Crippen LogP contribution in [0.25, 0.3) is 11.1 Å². The van der Waals surface area contributed by atoms with Gasteiger partial charge in [-0.05, 0) is 79.5 Å². The van der Waals surface area contributed by atoms with E-state index in [1.165, 1.54) is 22.3 Å². The SMILES string of the molecule is C#CC/C(=C\C=C(/C)C/C=C\CCF)C(=C)/C=C(\C)c1ccc(/C(=C/C)CC#C)c(C)c1. The fourth-order valence-corrected chi connectivity index (χ4v) is 3.32. The van der Waals surface area contributed by atoms with E-state index in [2.05, 4.69) is 75.6 Å². The van der Waals surface area contributed by atoms with Crippen LogP contribution in [0.3, 0.4) is 0 Å². The van der Waals surface area contributed by atoms with Crippen molar-refractivity contribution in [3.63, 3.8) is 0 Å². The highest BCUT2D eigenvalue weighted by Gasteiger charge is 2.07. The first-order valence-electron chi connectivity index (χ1n) is 11.0. The van der Waals surface area contributed by atoms with Crippen LogP contribution in [0.5, 0.6) is 0 Å². The van der Waals surface area contributed by atoms with Gasteiger partial charge in [-0.25, -0.2) is 0 Å². The molecule has 1 aromatic rings. The Morgan fingerprint density at radius 2 is 1.81 bits per heavy atom. The fourth-order valence-electron chi connectivity index (χ4n) is 3.32. The van der Waals surface area contributed by atoms with Crippen molar-refractivity contribution in [3.8, 4) is 24.7 Å². The number of hydrogen-bond acceptors (Lipinski definition) is 0. The lowest BCUT2D eigenvalue weighted by atomic mass is 9.93. The normalized spacial score (nSPS) is 13.2. The van der Waals surface area contributed by atoms with E-state index in [0.29, 0.717) is 19.3 Å². The first kappa shape index (κ1) is 26.7. The number of alkyl halides is 1. The summed E-state index contributed by atoms with van der Waals surface area (Å²) in [7, 11) is 0. The standard InChI is InChI=1S/C31H35F/c1-8-14-28(10-3)31-20-19-30(23-27(31)7)26(6)22-25(5)29(15-9-2)18-17-24(4)16-12-11-13-21-32/h1-2,10-12,17-20,22-23H,5,13-16,21H2,3-4,6-7H3/b12-11-,24-17+,26-22+,28-10+,29-18+. The quantitative estimate of drug-likeness (QED) is 0.189. The minimum absolute atomic E-state index is 0.319. The fraction of sp³-hybridized carbons (Fsp3) is 0.290. The molecule has 0 amide bonds. The van der Waals surface area contributed by atoms with E-state index in [0.717, 1.165) is 28.7 Å². The highest BCUT2D eigenvalue weighted by atomic mass is 19.1. The summed E-state index contributed by atoms with van der Waals surface area (Å²) in [5.74, 6) is 5.46. The molecule has 166 valence electrons. The molecule has 0 spiro atoms. The minimum atomic E-state index is -0.319. The Labute approximate surface area is 195 Å². The van der Waals surface area contributed by atoms with Crippen molar-refractivity contribution in [1.82, 2.24) is 0 Å². The molecule has 0 nitrogen and oxygen atoms in total. The zero-order valence-corrected chi connectivity index (χ0v) is 20.0. The number of terminal acetylenes is 2. The van der Waals surface area contributed by atoms with Gasteiger partial charge in [-0.3, -0.25) is 4.39 Å². The van der Waals surface area contributed by atoms with E-state index in [1.807, 2.05) is 25.2 Å². The Balaban J connectivity index is 3.09. The van der Waals surface area contributed by atoms with Gasteiger partial charge in [0.25, 0.3) is 0 Å². The van der Waals surface area contributed by atoms with E-state index < -0.39 is 0 Å². The molecule has 0 aromatic heterocycles. The van der Waals surface area contributed by atoms with Crippen molar-refractivity contribution in [1.29, 1.82) is 0 Å². The smallest absolute Gasteiger partial charge is 0.0928 e. The van der Waals surface area contributed by atoms with Crippen molar-refractivity contribution < 1.29 is 4.39 Å². The van der Waals surface area contributed by atoms with Gasteiger partial charge in [0.1, 0.15) is 0 Å². The number of rotatable bonds is 11. The van der Waals surface area contributed by atoms with Crippen LogP contribution < -0.4 is 0 Å². The molecule has 0 aliphatic rings. The van der Waals surface area contributed by atoms with Gasteiger partial charge in [0.05, 0.1) is 6.67 Å². The Morgan fingerprint density at radius 3 is 2.41 bits per heavy atom. The van der Waals surface area contributed by atoms with Crippen LogP contribution in [0.2, 0.25) is 0 Å². The Hall–Kier alpha value is -3.29. The molecule has 0 aliphatic heterocycles. The van der Waals surface area contributed by atoms with E-state index >= 15 is 0 Å². The summed E-state index contributed by atoms with van der Waals surface area (Å²) in [5.41, 5.74) is 8.93. The molecule has 0 aliphatic carbocycles. The predicted octanol–water partition coefficient (Wildman–Crippen LogP) is 8.58. The van der Waals surface area contributed by atoms with Crippen LogP contribution in [0.1, 0.15) is 63.1 Å². The van der Waals surface area contributed by atoms with E-state index in [4.69, 9.17) is 12.8 Å². The first-order valence-corrected chi connectivity index (χ1v) is 11.0. The molecule has 1 aromatic carbocycles. The number of aryl methyl sites for hydroxylation is 1. The number of benzene rings is 1. The van der Waals surface area contributed by atoms with E-state index in [1.54, 1.807) is 0 Å². The summed E-state index contributed by atoms with van der Waals surface area (Å²) in [5, 5.41) is 0. The lowest BCUT2D eigenvalue weighted by molar-refractivity contribution is 0.501. The molecule has 0 saturated carbocycles. The van der Waals surface area contributed by atoms with E-state index in [9.17, 15) is 4.39 Å². The molecule has 0 unspecified atom stereocenters. The third-order valence-corrected chi connectivity index (χ3v) is 5.22. The van der Waals surface area contributed by atoms with Crippen LogP contribution in [0.15, 0.2) is 78.0 Å². The summed E-state index contributed by atoms with van der Waals surface area (Å²) < 4.78 is 12.2. The lowest BCUT2D eigenvalue weighted by Crippen LogP contribution is -1.92. The monoisotopic (exact) mass is 426 g/mol. The molecule has 0 fully saturated rings. The van der Waals surface area contributed by atoms with Gasteiger partial charge < -0.3 is 0 Å². The van der Waals surface area contributed by atoms with Crippen LogP contribution in [-0.4, -0.2) is 6.67 Å². The third kappa shape index (κ3) is 8.83. The maximum Gasteiger partial charge on any atom is 0.0928 e. The van der Waals surface area contributed by atoms with Gasteiger partial charge >= 0.3 is 0 Å². The largest absolute Gasteiger partial charge is 0.251 e. The van der Waals surface area contributed by atoms with Crippen LogP contribution >= 0.6 is 0 Å². The van der Waals surface area contributed by atoms with Gasteiger partial charge in [-0.2, -0.15) is 0 Å². The Morgan fingerprint density at radius 1 is 1.09 bits per heavy atom. The van der Waals surface area contributed by atoms with Crippen molar-refractivity contribution in [2.75, 3.05) is 6.67 Å². The molecule has 0 saturated heterocycles. The second kappa shape index (κ2) is 14.7. The summed E-state index contributed by atoms with van der Waals surface area (Å²) in [6.07, 6.45) is 25.6. The number of allylic oxidation sites excluding steroid dienone is 11. The van der Waals surface area contributed by atoms with Crippen molar-refractivity contribution in [2.24, 2.45) is 0 Å². The molecule has 0 N–H and O–H groups in total. The van der Waals surface area contributed by atoms with Gasteiger partial charge in [0.2, 0.25) is 0 Å². The molecular formula is C31H35F. The van der Waals surface area contributed by atoms with Gasteiger partial charge in [-0.15, -0.1) is 24.7 Å². The van der Waals surface area contributed by atoms with Gasteiger partial charge in [0, 0.05) is 12.8 Å². The lowest BCUT2D eigenvalue weighted by Gasteiger charge is -2.12. The maximum atomic E-state index is 12.2. The van der Waals surface area contributed by atoms with Crippen molar-refractivity contribution in [2.45, 2.75) is 53.4 Å². The van der Waals surface area contributed by atoms with Gasteiger partial charge in [-0.1, -0.05) is 66.8 Å². The number of halogens is 1. The number of hydrogen-bond donors (Lipinski definition) is 0. The topological polar surface area (TPSA) is 0 Å². The third-order valence-electron chi connectivity index (χ3n) is 5.22.